The first-order valence-electron chi connectivity index (χ1n) is 8.11. The van der Waals surface area contributed by atoms with Crippen molar-refractivity contribution in [1.29, 1.82) is 0 Å². The Morgan fingerprint density at radius 2 is 1.92 bits per heavy atom. The van der Waals surface area contributed by atoms with Gasteiger partial charge in [0, 0.05) is 43.3 Å². The lowest BCUT2D eigenvalue weighted by atomic mass is 10.2. The van der Waals surface area contributed by atoms with Crippen molar-refractivity contribution in [2.45, 2.75) is 26.4 Å². The summed E-state index contributed by atoms with van der Waals surface area (Å²) in [5.41, 5.74) is 3.05. The Kier molecular flexibility index (Phi) is 3.89. The highest BCUT2D eigenvalue weighted by molar-refractivity contribution is 5.94. The highest BCUT2D eigenvalue weighted by Gasteiger charge is 2.26. The number of rotatable bonds is 3. The van der Waals surface area contributed by atoms with Crippen molar-refractivity contribution in [1.82, 2.24) is 29.8 Å². The van der Waals surface area contributed by atoms with Crippen molar-refractivity contribution in [3.8, 4) is 11.5 Å². The third-order valence-electron chi connectivity index (χ3n) is 4.10. The first kappa shape index (κ1) is 15.3. The van der Waals surface area contributed by atoms with Crippen molar-refractivity contribution in [2.75, 3.05) is 0 Å². The summed E-state index contributed by atoms with van der Waals surface area (Å²) < 4.78 is 0. The van der Waals surface area contributed by atoms with Gasteiger partial charge in [0.2, 0.25) is 0 Å². The van der Waals surface area contributed by atoms with Gasteiger partial charge in [-0.15, -0.1) is 0 Å². The van der Waals surface area contributed by atoms with Gasteiger partial charge in [0.15, 0.2) is 5.82 Å². The second-order valence-corrected chi connectivity index (χ2v) is 5.78. The van der Waals surface area contributed by atoms with E-state index in [4.69, 9.17) is 0 Å². The molecule has 0 saturated heterocycles. The topological polar surface area (TPSA) is 84.8 Å². The minimum absolute atomic E-state index is 0.108. The molecule has 0 bridgehead atoms. The van der Waals surface area contributed by atoms with Gasteiger partial charge < -0.3 is 4.90 Å². The number of carbonyl (C=O) groups excluding carboxylic acids is 1. The van der Waals surface area contributed by atoms with E-state index in [1.54, 1.807) is 23.5 Å². The summed E-state index contributed by atoms with van der Waals surface area (Å²) in [6.07, 6.45) is 7.38. The Bertz CT molecular complexity index is 911. The Balaban J connectivity index is 1.52. The van der Waals surface area contributed by atoms with Crippen molar-refractivity contribution in [3.05, 3.63) is 65.6 Å². The van der Waals surface area contributed by atoms with Gasteiger partial charge in [-0.2, -0.15) is 0 Å². The molecule has 0 saturated carbocycles. The molecule has 0 radical (unpaired) electrons. The normalized spacial score (nSPS) is 12.9. The van der Waals surface area contributed by atoms with Gasteiger partial charge in [0.25, 0.3) is 5.91 Å². The highest BCUT2D eigenvalue weighted by Crippen LogP contribution is 2.22. The van der Waals surface area contributed by atoms with E-state index in [2.05, 4.69) is 24.9 Å². The largest absolute Gasteiger partial charge is 0.328 e. The lowest BCUT2D eigenvalue weighted by Crippen LogP contribution is -2.25. The first-order valence-corrected chi connectivity index (χ1v) is 8.11. The molecule has 0 aromatic carbocycles. The van der Waals surface area contributed by atoms with Crippen LogP contribution < -0.4 is 0 Å². The SMILES string of the molecule is CCc1ncc2c(n1)CN(C(=O)c1cnc(-c3ccccn3)nc1)C2. The fraction of sp³-hybridized carbons (Fsp3) is 0.222. The number of fused-ring (bicyclic) bond motifs is 1. The summed E-state index contributed by atoms with van der Waals surface area (Å²) in [5.74, 6) is 1.19. The molecule has 0 aliphatic carbocycles. The fourth-order valence-corrected chi connectivity index (χ4v) is 2.76. The third-order valence-corrected chi connectivity index (χ3v) is 4.10. The summed E-state index contributed by atoms with van der Waals surface area (Å²) in [7, 11) is 0. The van der Waals surface area contributed by atoms with Crippen LogP contribution in [-0.4, -0.2) is 35.7 Å². The van der Waals surface area contributed by atoms with Crippen LogP contribution in [0.2, 0.25) is 0 Å². The van der Waals surface area contributed by atoms with Crippen LogP contribution in [-0.2, 0) is 19.5 Å². The number of pyridine rings is 1. The van der Waals surface area contributed by atoms with Crippen LogP contribution in [0.3, 0.4) is 0 Å². The Morgan fingerprint density at radius 3 is 2.64 bits per heavy atom. The molecule has 124 valence electrons. The predicted octanol–water partition coefficient (Wildman–Crippen LogP) is 2.05. The van der Waals surface area contributed by atoms with Gasteiger partial charge in [0.1, 0.15) is 11.5 Å². The number of carbonyl (C=O) groups is 1. The molecule has 4 heterocycles. The van der Waals surface area contributed by atoms with Crippen LogP contribution in [0.25, 0.3) is 11.5 Å². The summed E-state index contributed by atoms with van der Waals surface area (Å²) in [5, 5.41) is 0. The fourth-order valence-electron chi connectivity index (χ4n) is 2.76. The zero-order chi connectivity index (χ0) is 17.2. The van der Waals surface area contributed by atoms with E-state index < -0.39 is 0 Å². The first-order chi connectivity index (χ1) is 12.2. The molecular formula is C18H16N6O. The molecule has 3 aromatic rings. The van der Waals surface area contributed by atoms with Crippen molar-refractivity contribution >= 4 is 5.91 Å². The van der Waals surface area contributed by atoms with E-state index >= 15 is 0 Å². The number of hydrogen-bond acceptors (Lipinski definition) is 6. The van der Waals surface area contributed by atoms with E-state index in [9.17, 15) is 4.79 Å². The van der Waals surface area contributed by atoms with Gasteiger partial charge in [-0.3, -0.25) is 9.78 Å². The Labute approximate surface area is 144 Å². The number of nitrogens with zero attached hydrogens (tertiary/aromatic N) is 6. The van der Waals surface area contributed by atoms with E-state index in [0.717, 1.165) is 23.5 Å². The molecule has 25 heavy (non-hydrogen) atoms. The number of amides is 1. The number of aryl methyl sites for hydroxylation is 1. The molecule has 0 atom stereocenters. The average Bonchev–Trinajstić information content (AvgIpc) is 3.11. The van der Waals surface area contributed by atoms with Gasteiger partial charge >= 0.3 is 0 Å². The maximum Gasteiger partial charge on any atom is 0.257 e. The van der Waals surface area contributed by atoms with Crippen molar-refractivity contribution in [2.24, 2.45) is 0 Å². The molecule has 3 aromatic heterocycles. The summed E-state index contributed by atoms with van der Waals surface area (Å²) in [4.78, 5) is 36.0. The molecular weight excluding hydrogens is 316 g/mol. The zero-order valence-corrected chi connectivity index (χ0v) is 13.8. The van der Waals surface area contributed by atoms with Crippen LogP contribution in [0, 0.1) is 0 Å². The second-order valence-electron chi connectivity index (χ2n) is 5.78. The minimum Gasteiger partial charge on any atom is -0.328 e. The van der Waals surface area contributed by atoms with Crippen LogP contribution in [0.15, 0.2) is 43.0 Å². The quantitative estimate of drug-likeness (QED) is 0.730. The molecule has 7 heteroatoms. The second kappa shape index (κ2) is 6.35. The summed E-state index contributed by atoms with van der Waals surface area (Å²) >= 11 is 0. The highest BCUT2D eigenvalue weighted by atomic mass is 16.2. The zero-order valence-electron chi connectivity index (χ0n) is 13.8. The molecule has 1 amide bonds. The van der Waals surface area contributed by atoms with Gasteiger partial charge in [-0.25, -0.2) is 19.9 Å². The number of aromatic nitrogens is 5. The number of hydrogen-bond donors (Lipinski definition) is 0. The molecule has 4 rings (SSSR count). The molecule has 0 fully saturated rings. The maximum absolute atomic E-state index is 12.7. The Hall–Kier alpha value is -3.22. The van der Waals surface area contributed by atoms with Crippen LogP contribution in [0.5, 0.6) is 0 Å². The molecule has 7 nitrogen and oxygen atoms in total. The lowest BCUT2D eigenvalue weighted by molar-refractivity contribution is 0.0749. The Morgan fingerprint density at radius 1 is 1.08 bits per heavy atom. The predicted molar refractivity (Wildman–Crippen MR) is 90.3 cm³/mol. The third kappa shape index (κ3) is 2.96. The van der Waals surface area contributed by atoms with E-state index in [1.807, 2.05) is 31.3 Å². The summed E-state index contributed by atoms with van der Waals surface area (Å²) in [6, 6.07) is 5.54. The van der Waals surface area contributed by atoms with Crippen LogP contribution >= 0.6 is 0 Å². The summed E-state index contributed by atoms with van der Waals surface area (Å²) in [6.45, 7) is 3.02. The van der Waals surface area contributed by atoms with E-state index in [0.29, 0.717) is 30.2 Å². The van der Waals surface area contributed by atoms with Crippen LogP contribution in [0.1, 0.15) is 34.4 Å². The van der Waals surface area contributed by atoms with Gasteiger partial charge in [0.05, 0.1) is 17.8 Å². The van der Waals surface area contributed by atoms with Crippen molar-refractivity contribution < 1.29 is 4.79 Å². The molecule has 1 aliphatic rings. The van der Waals surface area contributed by atoms with Crippen LogP contribution in [0.4, 0.5) is 0 Å². The van der Waals surface area contributed by atoms with Crippen molar-refractivity contribution in [3.63, 3.8) is 0 Å². The molecule has 0 spiro atoms. The maximum atomic E-state index is 12.7. The van der Waals surface area contributed by atoms with E-state index in [-0.39, 0.29) is 5.91 Å². The monoisotopic (exact) mass is 332 g/mol. The lowest BCUT2D eigenvalue weighted by Gasteiger charge is -2.14. The van der Waals surface area contributed by atoms with Gasteiger partial charge in [-0.1, -0.05) is 13.0 Å². The smallest absolute Gasteiger partial charge is 0.257 e. The van der Waals surface area contributed by atoms with E-state index in [1.165, 1.54) is 0 Å². The van der Waals surface area contributed by atoms with Gasteiger partial charge in [-0.05, 0) is 12.1 Å². The molecule has 0 N–H and O–H groups in total. The average molecular weight is 332 g/mol. The molecule has 0 unspecified atom stereocenters. The minimum atomic E-state index is -0.108. The molecule has 1 aliphatic heterocycles. The standard InChI is InChI=1S/C18H16N6O/c1-2-16-20-9-13-10-24(11-15(13)23-16)18(25)12-7-21-17(22-8-12)14-5-3-4-6-19-14/h3-9H,2,10-11H2,1H3.